The van der Waals surface area contributed by atoms with Gasteiger partial charge in [0.1, 0.15) is 0 Å². The lowest BCUT2D eigenvalue weighted by Crippen LogP contribution is -2.40. The summed E-state index contributed by atoms with van der Waals surface area (Å²) in [6.45, 7) is 9.56. The van der Waals surface area contributed by atoms with Crippen LogP contribution in [0.15, 0.2) is 0 Å². The number of halogens is 1. The maximum atomic E-state index is 11.2. The van der Waals surface area contributed by atoms with E-state index in [0.29, 0.717) is 18.1 Å². The molecule has 0 unspecified atom stereocenters. The average Bonchev–Trinajstić information content (AvgIpc) is 2.66. The summed E-state index contributed by atoms with van der Waals surface area (Å²) in [5, 5.41) is 8.40. The molecule has 0 saturated heterocycles. The van der Waals surface area contributed by atoms with Gasteiger partial charge in [-0.3, -0.25) is 9.48 Å². The Balaban J connectivity index is 2.73. The fraction of sp³-hybridized carbons (Fsp3) is 0.692. The van der Waals surface area contributed by atoms with Gasteiger partial charge < -0.3 is 11.1 Å². The summed E-state index contributed by atoms with van der Waals surface area (Å²) in [5.74, 6) is -0.315. The predicted molar refractivity (Wildman–Crippen MR) is 77.0 cm³/mol. The van der Waals surface area contributed by atoms with Crippen LogP contribution in [0.1, 0.15) is 39.1 Å². The average molecular weight is 287 g/mol. The van der Waals surface area contributed by atoms with E-state index in [1.54, 1.807) is 0 Å². The monoisotopic (exact) mass is 286 g/mol. The van der Waals surface area contributed by atoms with E-state index in [9.17, 15) is 4.79 Å². The van der Waals surface area contributed by atoms with Gasteiger partial charge in [0.15, 0.2) is 0 Å². The number of amides is 1. The first-order chi connectivity index (χ1) is 8.83. The molecule has 1 aromatic rings. The summed E-state index contributed by atoms with van der Waals surface area (Å²) in [6.07, 6.45) is 0.811. The van der Waals surface area contributed by atoms with Crippen molar-refractivity contribution in [2.45, 2.75) is 47.2 Å². The molecular formula is C13H23ClN4O. The minimum absolute atomic E-state index is 0.315. The Morgan fingerprint density at radius 1 is 1.47 bits per heavy atom. The van der Waals surface area contributed by atoms with Crippen molar-refractivity contribution >= 4 is 17.5 Å². The summed E-state index contributed by atoms with van der Waals surface area (Å²) < 4.78 is 1.89. The van der Waals surface area contributed by atoms with Crippen LogP contribution in [0.4, 0.5) is 0 Å². The maximum Gasteiger partial charge on any atom is 0.224 e. The third-order valence-electron chi connectivity index (χ3n) is 3.22. The second kappa shape index (κ2) is 6.39. The zero-order valence-electron chi connectivity index (χ0n) is 12.1. The molecular weight excluding hydrogens is 264 g/mol. The topological polar surface area (TPSA) is 72.9 Å². The number of carbonyl (C=O) groups is 1. The van der Waals surface area contributed by atoms with E-state index in [-0.39, 0.29) is 5.91 Å². The molecule has 0 aromatic carbocycles. The molecule has 0 aliphatic rings. The Kier molecular flexibility index (Phi) is 5.38. The molecule has 0 bridgehead atoms. The number of hydrogen-bond acceptors (Lipinski definition) is 3. The van der Waals surface area contributed by atoms with Crippen molar-refractivity contribution in [3.63, 3.8) is 0 Å². The fourth-order valence-corrected chi connectivity index (χ4v) is 2.10. The van der Waals surface area contributed by atoms with Crippen molar-refractivity contribution in [2.24, 2.45) is 11.1 Å². The highest BCUT2D eigenvalue weighted by Crippen LogP contribution is 2.22. The van der Waals surface area contributed by atoms with Gasteiger partial charge in [-0.25, -0.2) is 0 Å². The first kappa shape index (κ1) is 16.0. The quantitative estimate of drug-likeness (QED) is 0.801. The van der Waals surface area contributed by atoms with Gasteiger partial charge in [-0.2, -0.15) is 5.10 Å². The normalized spacial score (nSPS) is 11.8. The Labute approximate surface area is 119 Å². The molecule has 1 rings (SSSR count). The van der Waals surface area contributed by atoms with Gasteiger partial charge in [-0.15, -0.1) is 0 Å². The van der Waals surface area contributed by atoms with Crippen LogP contribution in [0, 0.1) is 5.41 Å². The van der Waals surface area contributed by atoms with Crippen LogP contribution in [0.2, 0.25) is 5.02 Å². The molecule has 1 amide bonds. The number of nitrogens with zero attached hydrogens (tertiary/aromatic N) is 2. The van der Waals surface area contributed by atoms with Gasteiger partial charge in [0.25, 0.3) is 0 Å². The van der Waals surface area contributed by atoms with Gasteiger partial charge in [-0.1, -0.05) is 18.5 Å². The Bertz CT molecular complexity index is 454. The highest BCUT2D eigenvalue weighted by molar-refractivity contribution is 6.31. The van der Waals surface area contributed by atoms with Crippen molar-refractivity contribution in [3.8, 4) is 0 Å². The molecule has 0 fully saturated rings. The van der Waals surface area contributed by atoms with Crippen LogP contribution in [-0.2, 0) is 24.3 Å². The molecule has 3 N–H and O–H groups in total. The van der Waals surface area contributed by atoms with E-state index >= 15 is 0 Å². The van der Waals surface area contributed by atoms with Crippen LogP contribution >= 0.6 is 11.6 Å². The van der Waals surface area contributed by atoms with Gasteiger partial charge in [0, 0.05) is 19.6 Å². The zero-order valence-corrected chi connectivity index (χ0v) is 12.8. The smallest absolute Gasteiger partial charge is 0.224 e. The molecule has 0 spiro atoms. The number of nitrogens with one attached hydrogen (secondary N) is 1. The molecule has 0 saturated carbocycles. The van der Waals surface area contributed by atoms with Crippen LogP contribution in [-0.4, -0.2) is 22.2 Å². The Morgan fingerprint density at radius 2 is 2.11 bits per heavy atom. The molecule has 0 radical (unpaired) electrons. The van der Waals surface area contributed by atoms with Crippen LogP contribution in [0.3, 0.4) is 0 Å². The summed E-state index contributed by atoms with van der Waals surface area (Å²) in [4.78, 5) is 11.2. The third-order valence-corrected chi connectivity index (χ3v) is 3.66. The van der Waals surface area contributed by atoms with E-state index in [4.69, 9.17) is 17.3 Å². The fourth-order valence-electron chi connectivity index (χ4n) is 1.77. The van der Waals surface area contributed by atoms with Crippen molar-refractivity contribution in [1.82, 2.24) is 15.1 Å². The summed E-state index contributed by atoms with van der Waals surface area (Å²) in [5.41, 5.74) is 6.64. The molecule has 19 heavy (non-hydrogen) atoms. The number of rotatable bonds is 7. The number of carbonyl (C=O) groups excluding carboxylic acids is 1. The number of hydrogen-bond donors (Lipinski definition) is 2. The van der Waals surface area contributed by atoms with Gasteiger partial charge in [0.2, 0.25) is 5.91 Å². The summed E-state index contributed by atoms with van der Waals surface area (Å²) in [6, 6.07) is 0. The van der Waals surface area contributed by atoms with Crippen molar-refractivity contribution < 1.29 is 4.79 Å². The van der Waals surface area contributed by atoms with Gasteiger partial charge >= 0.3 is 0 Å². The lowest BCUT2D eigenvalue weighted by molar-refractivity contribution is -0.125. The number of primary amides is 1. The second-order valence-electron chi connectivity index (χ2n) is 5.23. The number of nitrogens with two attached hydrogens (primary N) is 1. The second-order valence-corrected chi connectivity index (χ2v) is 5.61. The first-order valence-corrected chi connectivity index (χ1v) is 6.96. The Hall–Kier alpha value is -1.07. The predicted octanol–water partition coefficient (Wildman–Crippen LogP) is 1.72. The largest absolute Gasteiger partial charge is 0.369 e. The van der Waals surface area contributed by atoms with Crippen LogP contribution in [0.25, 0.3) is 0 Å². The number of aromatic nitrogens is 2. The van der Waals surface area contributed by atoms with Crippen molar-refractivity contribution in [2.75, 3.05) is 6.54 Å². The van der Waals surface area contributed by atoms with Crippen molar-refractivity contribution in [3.05, 3.63) is 16.4 Å². The summed E-state index contributed by atoms with van der Waals surface area (Å²) >= 11 is 6.31. The van der Waals surface area contributed by atoms with Gasteiger partial charge in [0.05, 0.1) is 21.8 Å². The molecule has 0 aliphatic carbocycles. The van der Waals surface area contributed by atoms with E-state index < -0.39 is 5.41 Å². The summed E-state index contributed by atoms with van der Waals surface area (Å²) in [7, 11) is 0. The molecule has 0 atom stereocenters. The minimum Gasteiger partial charge on any atom is -0.369 e. The molecule has 108 valence electrons. The van der Waals surface area contributed by atoms with E-state index in [1.807, 2.05) is 32.4 Å². The molecule has 5 nitrogen and oxygen atoms in total. The molecule has 1 aromatic heterocycles. The third kappa shape index (κ3) is 3.70. The van der Waals surface area contributed by atoms with Crippen molar-refractivity contribution in [1.29, 1.82) is 0 Å². The standard InChI is InChI=1S/C13H23ClN4O/c1-5-9-11(14)10(18(6-2)17-9)7-16-8-13(3,4)12(15)19/h16H,5-8H2,1-4H3,(H2,15,19). The van der Waals surface area contributed by atoms with E-state index in [2.05, 4.69) is 10.4 Å². The molecule has 1 heterocycles. The number of aryl methyl sites for hydroxylation is 2. The van der Waals surface area contributed by atoms with E-state index in [1.165, 1.54) is 0 Å². The molecule has 6 heteroatoms. The maximum absolute atomic E-state index is 11.2. The van der Waals surface area contributed by atoms with Crippen LogP contribution in [0.5, 0.6) is 0 Å². The lowest BCUT2D eigenvalue weighted by Gasteiger charge is -2.21. The molecule has 0 aliphatic heterocycles. The first-order valence-electron chi connectivity index (χ1n) is 6.58. The SMILES string of the molecule is CCc1nn(CC)c(CNCC(C)(C)C(N)=O)c1Cl. The highest BCUT2D eigenvalue weighted by atomic mass is 35.5. The van der Waals surface area contributed by atoms with Crippen LogP contribution < -0.4 is 11.1 Å². The van der Waals surface area contributed by atoms with Gasteiger partial charge in [-0.05, 0) is 27.2 Å². The van der Waals surface area contributed by atoms with E-state index in [0.717, 1.165) is 24.4 Å². The highest BCUT2D eigenvalue weighted by Gasteiger charge is 2.24. The minimum atomic E-state index is -0.572. The lowest BCUT2D eigenvalue weighted by atomic mass is 9.93. The Morgan fingerprint density at radius 3 is 2.58 bits per heavy atom. The zero-order chi connectivity index (χ0) is 14.6.